The van der Waals surface area contributed by atoms with Gasteiger partial charge >= 0.3 is 5.97 Å². The van der Waals surface area contributed by atoms with E-state index in [9.17, 15) is 14.0 Å². The van der Waals surface area contributed by atoms with E-state index >= 15 is 4.39 Å². The molecule has 0 saturated heterocycles. The van der Waals surface area contributed by atoms with Crippen molar-refractivity contribution >= 4 is 34.5 Å². The summed E-state index contributed by atoms with van der Waals surface area (Å²) in [6, 6.07) is 23.1. The number of hydrogen-bond acceptors (Lipinski definition) is 4. The molecule has 1 aromatic heterocycles. The summed E-state index contributed by atoms with van der Waals surface area (Å²) in [5, 5.41) is 5.19. The molecule has 5 rings (SSSR count). The van der Waals surface area contributed by atoms with Gasteiger partial charge in [-0.3, -0.25) is 9.48 Å². The van der Waals surface area contributed by atoms with E-state index in [-0.39, 0.29) is 17.8 Å². The molecule has 1 heterocycles. The van der Waals surface area contributed by atoms with Gasteiger partial charge in [0.1, 0.15) is 11.6 Å². The number of fused-ring (bicyclic) bond motifs is 1. The monoisotopic (exact) mass is 537 g/mol. The van der Waals surface area contributed by atoms with Gasteiger partial charge < -0.3 is 9.64 Å². The summed E-state index contributed by atoms with van der Waals surface area (Å²) in [7, 11) is 3.09. The van der Waals surface area contributed by atoms with Crippen LogP contribution in [0.3, 0.4) is 0 Å². The Morgan fingerprint density at radius 3 is 2.45 bits per heavy atom. The lowest BCUT2D eigenvalue weighted by Crippen LogP contribution is -2.31. The minimum Gasteiger partial charge on any atom is -0.466 e. The molecule has 0 aliphatic carbocycles. The summed E-state index contributed by atoms with van der Waals surface area (Å²) in [6.45, 7) is -0.148. The van der Waals surface area contributed by atoms with Crippen LogP contribution in [0.25, 0.3) is 28.1 Å². The molecule has 0 atom stereocenters. The number of amides is 1. The molecule has 0 bridgehead atoms. The average Bonchev–Trinajstić information content (AvgIpc) is 3.34. The van der Waals surface area contributed by atoms with Gasteiger partial charge in [0.25, 0.3) is 5.91 Å². The van der Waals surface area contributed by atoms with E-state index in [2.05, 4.69) is 9.84 Å². The predicted molar refractivity (Wildman–Crippen MR) is 151 cm³/mol. The predicted octanol–water partition coefficient (Wildman–Crippen LogP) is 6.55. The second-order valence-corrected chi connectivity index (χ2v) is 9.20. The van der Waals surface area contributed by atoms with E-state index in [0.717, 1.165) is 22.5 Å². The standard InChI is InChI=1S/C32H25F2N3O3/c1-36-30-12-11-23(16-26(30)19-35-36)24-9-10-25(29(34)17-24)20-37(32(39)22-6-4-3-5-7-22)28-15-21(14-27(33)18-28)8-13-31(38)40-2/h3-19H,20H2,1-2H3. The molecule has 6 nitrogen and oxygen atoms in total. The van der Waals surface area contributed by atoms with Crippen LogP contribution < -0.4 is 4.90 Å². The van der Waals surface area contributed by atoms with Crippen molar-refractivity contribution in [1.82, 2.24) is 9.78 Å². The first kappa shape index (κ1) is 26.5. The first-order valence-electron chi connectivity index (χ1n) is 12.5. The highest BCUT2D eigenvalue weighted by Crippen LogP contribution is 2.29. The summed E-state index contributed by atoms with van der Waals surface area (Å²) >= 11 is 0. The Labute approximate surface area is 229 Å². The lowest BCUT2D eigenvalue weighted by atomic mass is 10.0. The van der Waals surface area contributed by atoms with Gasteiger partial charge in [-0.15, -0.1) is 0 Å². The molecule has 0 unspecified atom stereocenters. The highest BCUT2D eigenvalue weighted by Gasteiger charge is 2.21. The van der Waals surface area contributed by atoms with Gasteiger partial charge in [-0.2, -0.15) is 5.10 Å². The number of carbonyl (C=O) groups is 2. The SMILES string of the molecule is COC(=O)C=Cc1cc(F)cc(N(Cc2ccc(-c3ccc4c(cnn4C)c3)cc2F)C(=O)c2ccccc2)c1. The fourth-order valence-electron chi connectivity index (χ4n) is 4.47. The fraction of sp³-hybridized carbons (Fsp3) is 0.0938. The Bertz CT molecular complexity index is 1750. The molecule has 0 N–H and O–H groups in total. The minimum absolute atomic E-state index is 0.148. The Hall–Kier alpha value is -5.11. The summed E-state index contributed by atoms with van der Waals surface area (Å²) < 4.78 is 36.5. The zero-order valence-electron chi connectivity index (χ0n) is 21.8. The smallest absolute Gasteiger partial charge is 0.330 e. The van der Waals surface area contributed by atoms with Gasteiger partial charge in [0.15, 0.2) is 0 Å². The number of rotatable bonds is 7. The van der Waals surface area contributed by atoms with Crippen LogP contribution in [0, 0.1) is 11.6 Å². The maximum absolute atomic E-state index is 15.5. The zero-order valence-corrected chi connectivity index (χ0v) is 21.8. The maximum Gasteiger partial charge on any atom is 0.330 e. The molecule has 4 aromatic carbocycles. The lowest BCUT2D eigenvalue weighted by molar-refractivity contribution is -0.134. The minimum atomic E-state index is -0.616. The molecular weight excluding hydrogens is 512 g/mol. The second-order valence-electron chi connectivity index (χ2n) is 9.20. The van der Waals surface area contributed by atoms with Crippen LogP contribution in [0.15, 0.2) is 97.2 Å². The molecule has 0 aliphatic rings. The van der Waals surface area contributed by atoms with Crippen LogP contribution in [0.5, 0.6) is 0 Å². The van der Waals surface area contributed by atoms with Gasteiger partial charge in [-0.05, 0) is 71.3 Å². The summed E-state index contributed by atoms with van der Waals surface area (Å²) in [6.07, 6.45) is 4.30. The Kier molecular flexibility index (Phi) is 7.50. The van der Waals surface area contributed by atoms with Crippen molar-refractivity contribution in [3.63, 3.8) is 0 Å². The third kappa shape index (κ3) is 5.66. The van der Waals surface area contributed by atoms with Crippen LogP contribution in [0.2, 0.25) is 0 Å². The number of hydrogen-bond donors (Lipinski definition) is 0. The quantitative estimate of drug-likeness (QED) is 0.174. The second kappa shape index (κ2) is 11.3. The maximum atomic E-state index is 15.5. The number of anilines is 1. The van der Waals surface area contributed by atoms with E-state index < -0.39 is 23.5 Å². The number of aromatic nitrogens is 2. The van der Waals surface area contributed by atoms with Crippen molar-refractivity contribution in [2.75, 3.05) is 12.0 Å². The largest absolute Gasteiger partial charge is 0.466 e. The molecule has 0 radical (unpaired) electrons. The van der Waals surface area contributed by atoms with Crippen molar-refractivity contribution in [2.45, 2.75) is 6.54 Å². The third-order valence-electron chi connectivity index (χ3n) is 6.56. The molecule has 5 aromatic rings. The Morgan fingerprint density at radius 2 is 1.70 bits per heavy atom. The van der Waals surface area contributed by atoms with E-state index in [1.807, 2.05) is 25.2 Å². The zero-order chi connectivity index (χ0) is 28.2. The van der Waals surface area contributed by atoms with E-state index in [1.54, 1.807) is 59.4 Å². The van der Waals surface area contributed by atoms with E-state index in [4.69, 9.17) is 0 Å². The van der Waals surface area contributed by atoms with Crippen LogP contribution in [0.4, 0.5) is 14.5 Å². The van der Waals surface area contributed by atoms with Crippen molar-refractivity contribution in [3.8, 4) is 11.1 Å². The number of ether oxygens (including phenoxy) is 1. The highest BCUT2D eigenvalue weighted by atomic mass is 19.1. The van der Waals surface area contributed by atoms with Crippen LogP contribution in [0.1, 0.15) is 21.5 Å². The normalized spacial score (nSPS) is 11.2. The molecule has 0 fully saturated rings. The third-order valence-corrected chi connectivity index (χ3v) is 6.56. The number of carbonyl (C=O) groups excluding carboxylic acids is 2. The van der Waals surface area contributed by atoms with Crippen molar-refractivity contribution < 1.29 is 23.1 Å². The van der Waals surface area contributed by atoms with Gasteiger partial charge in [0, 0.05) is 35.3 Å². The fourth-order valence-corrected chi connectivity index (χ4v) is 4.47. The molecule has 8 heteroatoms. The highest BCUT2D eigenvalue weighted by molar-refractivity contribution is 6.06. The van der Waals surface area contributed by atoms with Crippen LogP contribution in [-0.2, 0) is 23.1 Å². The Balaban J connectivity index is 1.51. The average molecular weight is 538 g/mol. The number of benzene rings is 4. The van der Waals surface area contributed by atoms with Crippen LogP contribution >= 0.6 is 0 Å². The summed E-state index contributed by atoms with van der Waals surface area (Å²) in [5.74, 6) is -2.15. The van der Waals surface area contributed by atoms with E-state index in [0.29, 0.717) is 16.7 Å². The molecule has 0 aliphatic heterocycles. The number of esters is 1. The molecule has 200 valence electrons. The van der Waals surface area contributed by atoms with Crippen molar-refractivity contribution in [1.29, 1.82) is 0 Å². The molecule has 0 spiro atoms. The number of aryl methyl sites for hydroxylation is 1. The van der Waals surface area contributed by atoms with Gasteiger partial charge in [0.2, 0.25) is 0 Å². The molecule has 40 heavy (non-hydrogen) atoms. The number of methoxy groups -OCH3 is 1. The van der Waals surface area contributed by atoms with Crippen LogP contribution in [-0.4, -0.2) is 28.8 Å². The van der Waals surface area contributed by atoms with Gasteiger partial charge in [-0.25, -0.2) is 13.6 Å². The topological polar surface area (TPSA) is 64.4 Å². The van der Waals surface area contributed by atoms with E-state index in [1.165, 1.54) is 36.3 Å². The summed E-state index contributed by atoms with van der Waals surface area (Å²) in [5.41, 5.74) is 3.64. The first-order chi connectivity index (χ1) is 19.3. The first-order valence-corrected chi connectivity index (χ1v) is 12.5. The molecule has 1 amide bonds. The number of halogens is 2. The molecular formula is C32H25F2N3O3. The van der Waals surface area contributed by atoms with Crippen molar-refractivity contribution in [3.05, 3.63) is 126 Å². The summed E-state index contributed by atoms with van der Waals surface area (Å²) in [4.78, 5) is 26.4. The van der Waals surface area contributed by atoms with Gasteiger partial charge in [-0.1, -0.05) is 36.4 Å². The molecule has 0 saturated carbocycles. The lowest BCUT2D eigenvalue weighted by Gasteiger charge is -2.24. The van der Waals surface area contributed by atoms with Crippen molar-refractivity contribution in [2.24, 2.45) is 7.05 Å². The number of nitrogens with zero attached hydrogens (tertiary/aromatic N) is 3. The van der Waals surface area contributed by atoms with Gasteiger partial charge in [0.05, 0.1) is 25.4 Å². The Morgan fingerprint density at radius 1 is 0.950 bits per heavy atom.